The van der Waals surface area contributed by atoms with Gasteiger partial charge in [0.1, 0.15) is 12.3 Å². The number of imide groups is 1. The van der Waals surface area contributed by atoms with Gasteiger partial charge in [-0.25, -0.2) is 13.6 Å². The second kappa shape index (κ2) is 11.4. The minimum atomic E-state index is -1.06. The largest absolute Gasteiger partial charge is 0.369 e. The Bertz CT molecular complexity index is 1130. The number of urea groups is 1. The van der Waals surface area contributed by atoms with Crippen molar-refractivity contribution in [3.05, 3.63) is 69.8 Å². The van der Waals surface area contributed by atoms with Gasteiger partial charge in [0.15, 0.2) is 11.6 Å². The number of hydrogen-bond acceptors (Lipinski definition) is 7. The molecular weight excluding hydrogens is 476 g/mol. The van der Waals surface area contributed by atoms with E-state index < -0.39 is 29.6 Å². The van der Waals surface area contributed by atoms with Gasteiger partial charge in [-0.1, -0.05) is 18.2 Å². The van der Waals surface area contributed by atoms with Crippen LogP contribution in [0.15, 0.2) is 42.5 Å². The first-order valence-electron chi connectivity index (χ1n) is 11.7. The quantitative estimate of drug-likeness (QED) is 0.352. The number of carbonyl (C=O) groups excluding carboxylic acids is 2. The highest BCUT2D eigenvalue weighted by atomic mass is 19.2. The lowest BCUT2D eigenvalue weighted by molar-refractivity contribution is -0.384. The van der Waals surface area contributed by atoms with E-state index in [1.54, 1.807) is 18.2 Å². The van der Waals surface area contributed by atoms with Gasteiger partial charge in [0.2, 0.25) is 0 Å². The summed E-state index contributed by atoms with van der Waals surface area (Å²) in [7, 11) is 0. The molecule has 12 heteroatoms. The van der Waals surface area contributed by atoms with E-state index >= 15 is 0 Å². The number of carbonyl (C=O) groups is 2. The summed E-state index contributed by atoms with van der Waals surface area (Å²) in [6.07, 6.45) is 0.631. The number of ether oxygens (including phenoxy) is 1. The van der Waals surface area contributed by atoms with Crippen molar-refractivity contribution < 1.29 is 28.0 Å². The molecule has 2 aliphatic rings. The Morgan fingerprint density at radius 3 is 2.58 bits per heavy atom. The van der Waals surface area contributed by atoms with Crippen LogP contribution in [0.2, 0.25) is 0 Å². The van der Waals surface area contributed by atoms with Crippen molar-refractivity contribution in [2.24, 2.45) is 0 Å². The van der Waals surface area contributed by atoms with Gasteiger partial charge in [0, 0.05) is 38.8 Å². The topological polar surface area (TPSA) is 108 Å². The van der Waals surface area contributed by atoms with Crippen molar-refractivity contribution in [2.45, 2.75) is 12.5 Å². The predicted molar refractivity (Wildman–Crippen MR) is 127 cm³/mol. The molecule has 4 rings (SSSR count). The number of halogens is 2. The number of nitro benzene ring substituents is 1. The number of hydrogen-bond donors (Lipinski definition) is 1. The predicted octanol–water partition coefficient (Wildman–Crippen LogP) is 2.69. The highest BCUT2D eigenvalue weighted by Gasteiger charge is 2.35. The lowest BCUT2D eigenvalue weighted by Gasteiger charge is -2.36. The highest BCUT2D eigenvalue weighted by Crippen LogP contribution is 2.28. The van der Waals surface area contributed by atoms with Crippen LogP contribution in [0.3, 0.4) is 0 Å². The maximum atomic E-state index is 13.7. The lowest BCUT2D eigenvalue weighted by Crippen LogP contribution is -2.52. The SMILES string of the molecule is O=C1COCC(c2ccc(F)c(F)c2)N1C(=O)NCCCN1CCN(c2ccccc2[N+](=O)[O-])CC1. The summed E-state index contributed by atoms with van der Waals surface area (Å²) in [5.41, 5.74) is 0.974. The van der Waals surface area contributed by atoms with E-state index in [2.05, 4.69) is 10.2 Å². The van der Waals surface area contributed by atoms with E-state index in [1.165, 1.54) is 12.1 Å². The van der Waals surface area contributed by atoms with Crippen LogP contribution in [0.5, 0.6) is 0 Å². The molecule has 192 valence electrons. The standard InChI is InChI=1S/C24H27F2N5O5/c25-18-7-6-17(14-19(18)26)22-15-36-16-23(32)30(22)24(33)27-8-3-9-28-10-12-29(13-11-28)20-4-1-2-5-21(20)31(34)35/h1-2,4-7,14,22H,3,8-13,15-16H2,(H,27,33). The lowest BCUT2D eigenvalue weighted by atomic mass is 10.0. The highest BCUT2D eigenvalue weighted by molar-refractivity contribution is 5.96. The number of morpholine rings is 1. The Morgan fingerprint density at radius 2 is 1.86 bits per heavy atom. The molecule has 0 radical (unpaired) electrons. The summed E-state index contributed by atoms with van der Waals surface area (Å²) in [5.74, 6) is -2.63. The van der Waals surface area contributed by atoms with Crippen LogP contribution in [-0.2, 0) is 9.53 Å². The summed E-state index contributed by atoms with van der Waals surface area (Å²) in [5, 5.41) is 14.0. The van der Waals surface area contributed by atoms with Crippen molar-refractivity contribution >= 4 is 23.3 Å². The first-order chi connectivity index (χ1) is 17.3. The number of nitro groups is 1. The number of nitrogens with zero attached hydrogens (tertiary/aromatic N) is 4. The first-order valence-corrected chi connectivity index (χ1v) is 11.7. The molecule has 1 N–H and O–H groups in total. The van der Waals surface area contributed by atoms with Gasteiger partial charge in [-0.3, -0.25) is 24.7 Å². The molecule has 2 fully saturated rings. The molecule has 36 heavy (non-hydrogen) atoms. The van der Waals surface area contributed by atoms with E-state index in [1.807, 2.05) is 4.90 Å². The molecule has 0 saturated carbocycles. The van der Waals surface area contributed by atoms with Gasteiger partial charge in [-0.2, -0.15) is 0 Å². The van der Waals surface area contributed by atoms with E-state index in [0.717, 1.165) is 30.1 Å². The molecule has 3 amide bonds. The third-order valence-corrected chi connectivity index (χ3v) is 6.35. The van der Waals surface area contributed by atoms with E-state index in [4.69, 9.17) is 4.74 Å². The van der Waals surface area contributed by atoms with Gasteiger partial charge < -0.3 is 15.0 Å². The summed E-state index contributed by atoms with van der Waals surface area (Å²) in [6.45, 7) is 3.49. The van der Waals surface area contributed by atoms with E-state index in [-0.39, 0.29) is 29.4 Å². The normalized spacial score (nSPS) is 18.8. The summed E-state index contributed by atoms with van der Waals surface area (Å²) in [4.78, 5) is 41.3. The molecule has 0 bridgehead atoms. The van der Waals surface area contributed by atoms with Crippen LogP contribution in [0.25, 0.3) is 0 Å². The Morgan fingerprint density at radius 1 is 1.11 bits per heavy atom. The zero-order chi connectivity index (χ0) is 25.7. The number of para-hydroxylation sites is 2. The first kappa shape index (κ1) is 25.5. The molecule has 0 aromatic heterocycles. The molecule has 10 nitrogen and oxygen atoms in total. The Balaban J connectivity index is 1.25. The van der Waals surface area contributed by atoms with Gasteiger partial charge in [0.05, 0.1) is 17.6 Å². The third kappa shape index (κ3) is 5.77. The maximum absolute atomic E-state index is 13.7. The molecule has 0 spiro atoms. The van der Waals surface area contributed by atoms with Crippen molar-refractivity contribution in [3.8, 4) is 0 Å². The number of rotatable bonds is 7. The number of nitrogens with one attached hydrogen (secondary N) is 1. The number of amides is 3. The molecule has 2 saturated heterocycles. The summed E-state index contributed by atoms with van der Waals surface area (Å²) >= 11 is 0. The van der Waals surface area contributed by atoms with Crippen LogP contribution in [0.4, 0.5) is 25.0 Å². The van der Waals surface area contributed by atoms with Crippen LogP contribution >= 0.6 is 0 Å². The van der Waals surface area contributed by atoms with Gasteiger partial charge in [-0.05, 0) is 36.7 Å². The molecule has 1 unspecified atom stereocenters. The summed E-state index contributed by atoms with van der Waals surface area (Å²) in [6, 6.07) is 8.47. The average molecular weight is 504 g/mol. The zero-order valence-corrected chi connectivity index (χ0v) is 19.6. The molecule has 1 atom stereocenters. The monoisotopic (exact) mass is 503 g/mol. The Hall–Kier alpha value is -3.64. The number of benzene rings is 2. The molecule has 0 aliphatic carbocycles. The van der Waals surface area contributed by atoms with Gasteiger partial charge >= 0.3 is 6.03 Å². The molecule has 2 heterocycles. The molecule has 2 aromatic carbocycles. The van der Waals surface area contributed by atoms with Crippen molar-refractivity contribution in [1.29, 1.82) is 0 Å². The Labute approximate surface area is 206 Å². The number of anilines is 1. The molecular formula is C24H27F2N5O5. The number of piperazine rings is 1. The second-order valence-corrected chi connectivity index (χ2v) is 8.63. The average Bonchev–Trinajstić information content (AvgIpc) is 2.88. The second-order valence-electron chi connectivity index (χ2n) is 8.63. The van der Waals surface area contributed by atoms with Crippen LogP contribution in [0, 0.1) is 21.7 Å². The Kier molecular flexibility index (Phi) is 8.06. The smallest absolute Gasteiger partial charge is 0.324 e. The fourth-order valence-electron chi connectivity index (χ4n) is 4.48. The fraction of sp³-hybridized carbons (Fsp3) is 0.417. The molecule has 2 aromatic rings. The van der Waals surface area contributed by atoms with Crippen molar-refractivity contribution in [2.75, 3.05) is 57.4 Å². The van der Waals surface area contributed by atoms with Gasteiger partial charge in [-0.15, -0.1) is 0 Å². The maximum Gasteiger partial charge on any atom is 0.324 e. The van der Waals surface area contributed by atoms with Crippen LogP contribution in [-0.4, -0.2) is 79.1 Å². The third-order valence-electron chi connectivity index (χ3n) is 6.35. The minimum absolute atomic E-state index is 0.00587. The van der Waals surface area contributed by atoms with Crippen molar-refractivity contribution in [3.63, 3.8) is 0 Å². The fourth-order valence-corrected chi connectivity index (χ4v) is 4.48. The van der Waals surface area contributed by atoms with Crippen molar-refractivity contribution in [1.82, 2.24) is 15.1 Å². The van der Waals surface area contributed by atoms with E-state index in [0.29, 0.717) is 38.3 Å². The van der Waals surface area contributed by atoms with Crippen LogP contribution in [0.1, 0.15) is 18.0 Å². The minimum Gasteiger partial charge on any atom is -0.369 e. The zero-order valence-electron chi connectivity index (χ0n) is 19.6. The molecule has 2 aliphatic heterocycles. The van der Waals surface area contributed by atoms with Gasteiger partial charge in [0.25, 0.3) is 11.6 Å². The van der Waals surface area contributed by atoms with Crippen LogP contribution < -0.4 is 10.2 Å². The van der Waals surface area contributed by atoms with E-state index in [9.17, 15) is 28.5 Å². The summed E-state index contributed by atoms with van der Waals surface area (Å²) < 4.78 is 32.2.